The first-order chi connectivity index (χ1) is 10.5. The highest BCUT2D eigenvalue weighted by molar-refractivity contribution is 5.76. The molecule has 3 atom stereocenters. The first-order valence-electron chi connectivity index (χ1n) is 8.00. The Balaban J connectivity index is 1.96. The summed E-state index contributed by atoms with van der Waals surface area (Å²) in [4.78, 5) is 13.4. The van der Waals surface area contributed by atoms with Crippen molar-refractivity contribution >= 4 is 5.91 Å². The van der Waals surface area contributed by atoms with Gasteiger partial charge in [-0.05, 0) is 37.0 Å². The van der Waals surface area contributed by atoms with Crippen molar-refractivity contribution in [3.8, 4) is 0 Å². The Bertz CT molecular complexity index is 548. The molecule has 3 N–H and O–H groups in total. The largest absolute Gasteiger partial charge is 0.389 e. The maximum atomic E-state index is 13.2. The summed E-state index contributed by atoms with van der Waals surface area (Å²) in [7, 11) is 0. The molecular formula is C17H23FN2O2. The van der Waals surface area contributed by atoms with Crippen molar-refractivity contribution < 1.29 is 14.3 Å². The molecule has 3 unspecified atom stereocenters. The zero-order valence-electron chi connectivity index (χ0n) is 12.7. The molecule has 120 valence electrons. The van der Waals surface area contributed by atoms with Gasteiger partial charge in [-0.25, -0.2) is 4.39 Å². The number of nitrogens with two attached hydrogens (primary N) is 1. The Morgan fingerprint density at radius 2 is 2.05 bits per heavy atom. The molecule has 3 rings (SSSR count). The van der Waals surface area contributed by atoms with Gasteiger partial charge in [0.05, 0.1) is 12.1 Å². The van der Waals surface area contributed by atoms with Gasteiger partial charge in [-0.15, -0.1) is 0 Å². The number of nitrogens with zero attached hydrogens (tertiary/aromatic N) is 1. The van der Waals surface area contributed by atoms with Gasteiger partial charge in [-0.2, -0.15) is 0 Å². The Morgan fingerprint density at radius 1 is 1.32 bits per heavy atom. The lowest BCUT2D eigenvalue weighted by molar-refractivity contribution is -0.136. The Morgan fingerprint density at radius 3 is 2.73 bits per heavy atom. The first-order valence-corrected chi connectivity index (χ1v) is 8.00. The summed E-state index contributed by atoms with van der Waals surface area (Å²) in [6, 6.07) is 6.32. The quantitative estimate of drug-likeness (QED) is 0.897. The van der Waals surface area contributed by atoms with Crippen molar-refractivity contribution in [2.75, 3.05) is 13.1 Å². The van der Waals surface area contributed by atoms with Crippen molar-refractivity contribution in [2.24, 2.45) is 11.7 Å². The molecule has 1 aromatic carbocycles. The van der Waals surface area contributed by atoms with Crippen LogP contribution >= 0.6 is 0 Å². The van der Waals surface area contributed by atoms with E-state index >= 15 is 0 Å². The van der Waals surface area contributed by atoms with Crippen molar-refractivity contribution in [1.82, 2.24) is 4.90 Å². The van der Waals surface area contributed by atoms with Gasteiger partial charge >= 0.3 is 0 Å². The van der Waals surface area contributed by atoms with Crippen LogP contribution in [-0.2, 0) is 4.79 Å². The summed E-state index contributed by atoms with van der Waals surface area (Å²) in [6.07, 6.45) is 4.52. The Labute approximate surface area is 130 Å². The van der Waals surface area contributed by atoms with E-state index in [1.165, 1.54) is 12.1 Å². The van der Waals surface area contributed by atoms with E-state index in [9.17, 15) is 14.3 Å². The monoisotopic (exact) mass is 306 g/mol. The fourth-order valence-electron chi connectivity index (χ4n) is 4.22. The van der Waals surface area contributed by atoms with Crippen molar-refractivity contribution in [1.29, 1.82) is 0 Å². The number of aliphatic hydroxyl groups is 1. The molecule has 1 amide bonds. The predicted molar refractivity (Wildman–Crippen MR) is 81.4 cm³/mol. The van der Waals surface area contributed by atoms with Gasteiger partial charge in [-0.1, -0.05) is 25.0 Å². The molecule has 4 nitrogen and oxygen atoms in total. The second-order valence-corrected chi connectivity index (χ2v) is 6.64. The van der Waals surface area contributed by atoms with Crippen LogP contribution in [0.4, 0.5) is 4.39 Å². The average molecular weight is 306 g/mol. The molecule has 0 aromatic heterocycles. The molecule has 1 heterocycles. The number of likely N-dealkylation sites (tertiary alicyclic amines) is 1. The smallest absolute Gasteiger partial charge is 0.231 e. The van der Waals surface area contributed by atoms with Crippen LogP contribution in [0.15, 0.2) is 24.3 Å². The number of piperidine rings is 1. The lowest BCUT2D eigenvalue weighted by atomic mass is 9.66. The van der Waals surface area contributed by atoms with E-state index in [1.54, 1.807) is 12.1 Å². The number of carbonyl (C=O) groups excluding carboxylic acids is 1. The summed E-state index contributed by atoms with van der Waals surface area (Å²) < 4.78 is 13.2. The molecule has 1 saturated heterocycles. The van der Waals surface area contributed by atoms with E-state index in [-0.39, 0.29) is 30.2 Å². The van der Waals surface area contributed by atoms with Crippen LogP contribution < -0.4 is 5.73 Å². The van der Waals surface area contributed by atoms with Gasteiger partial charge in [0.2, 0.25) is 5.91 Å². The van der Waals surface area contributed by atoms with Gasteiger partial charge in [-0.3, -0.25) is 9.69 Å². The van der Waals surface area contributed by atoms with Crippen LogP contribution in [0, 0.1) is 11.7 Å². The first kappa shape index (κ1) is 15.4. The third-order valence-electron chi connectivity index (χ3n) is 5.24. The topological polar surface area (TPSA) is 66.6 Å². The molecule has 0 bridgehead atoms. The molecule has 0 spiro atoms. The van der Waals surface area contributed by atoms with Crippen LogP contribution in [-0.4, -0.2) is 34.6 Å². The van der Waals surface area contributed by atoms with Gasteiger partial charge in [0.25, 0.3) is 0 Å². The molecular weight excluding hydrogens is 283 g/mol. The van der Waals surface area contributed by atoms with E-state index in [0.717, 1.165) is 31.2 Å². The van der Waals surface area contributed by atoms with Crippen LogP contribution in [0.2, 0.25) is 0 Å². The van der Waals surface area contributed by atoms with Crippen LogP contribution in [0.3, 0.4) is 0 Å². The number of benzene rings is 1. The van der Waals surface area contributed by atoms with Crippen LogP contribution in [0.25, 0.3) is 0 Å². The third-order valence-corrected chi connectivity index (χ3v) is 5.24. The van der Waals surface area contributed by atoms with Crippen LogP contribution in [0.1, 0.15) is 43.7 Å². The minimum absolute atomic E-state index is 0.0693. The molecule has 2 aliphatic rings. The second-order valence-electron chi connectivity index (χ2n) is 6.64. The molecule has 5 heteroatoms. The Kier molecular flexibility index (Phi) is 4.19. The van der Waals surface area contributed by atoms with E-state index in [1.807, 2.05) is 4.90 Å². The molecule has 0 radical (unpaired) electrons. The number of amides is 1. The fourth-order valence-corrected chi connectivity index (χ4v) is 4.22. The van der Waals surface area contributed by atoms with Gasteiger partial charge in [0.15, 0.2) is 0 Å². The molecule has 1 aliphatic carbocycles. The van der Waals surface area contributed by atoms with E-state index in [0.29, 0.717) is 13.0 Å². The standard InChI is InChI=1S/C17H23FN2O2/c18-13-6-4-12(5-7-13)16-14-3-1-2-8-17(14,22)9-10-20(16)11-15(19)21/h4-7,14,16,22H,1-3,8-11H2,(H2,19,21). The summed E-state index contributed by atoms with van der Waals surface area (Å²) in [5.74, 6) is -0.576. The number of fused-ring (bicyclic) bond motifs is 1. The second kappa shape index (κ2) is 5.97. The summed E-state index contributed by atoms with van der Waals surface area (Å²) >= 11 is 0. The average Bonchev–Trinajstić information content (AvgIpc) is 2.48. The molecule has 1 aromatic rings. The van der Waals surface area contributed by atoms with Crippen molar-refractivity contribution in [3.05, 3.63) is 35.6 Å². The lowest BCUT2D eigenvalue weighted by Gasteiger charge is -2.52. The highest BCUT2D eigenvalue weighted by atomic mass is 19.1. The minimum Gasteiger partial charge on any atom is -0.389 e. The van der Waals surface area contributed by atoms with Crippen molar-refractivity contribution in [2.45, 2.75) is 43.7 Å². The number of carbonyl (C=O) groups is 1. The van der Waals surface area contributed by atoms with Crippen LogP contribution in [0.5, 0.6) is 0 Å². The summed E-state index contributed by atoms with van der Waals surface area (Å²) in [5, 5.41) is 11.0. The summed E-state index contributed by atoms with van der Waals surface area (Å²) in [5.41, 5.74) is 5.66. The molecule has 2 fully saturated rings. The van der Waals surface area contributed by atoms with Crippen molar-refractivity contribution in [3.63, 3.8) is 0 Å². The summed E-state index contributed by atoms with van der Waals surface area (Å²) in [6.45, 7) is 0.812. The zero-order chi connectivity index (χ0) is 15.7. The number of halogens is 1. The number of primary amides is 1. The van der Waals surface area contributed by atoms with Gasteiger partial charge in [0.1, 0.15) is 5.82 Å². The predicted octanol–water partition coefficient (Wildman–Crippen LogP) is 1.98. The highest BCUT2D eigenvalue weighted by Crippen LogP contribution is 2.49. The molecule has 22 heavy (non-hydrogen) atoms. The molecule has 1 saturated carbocycles. The zero-order valence-corrected chi connectivity index (χ0v) is 12.7. The highest BCUT2D eigenvalue weighted by Gasteiger charge is 2.48. The van der Waals surface area contributed by atoms with Gasteiger partial charge < -0.3 is 10.8 Å². The minimum atomic E-state index is -0.675. The maximum absolute atomic E-state index is 13.2. The van der Waals surface area contributed by atoms with E-state index in [2.05, 4.69) is 0 Å². The fraction of sp³-hybridized carbons (Fsp3) is 0.588. The van der Waals surface area contributed by atoms with E-state index < -0.39 is 5.60 Å². The number of hydrogen-bond acceptors (Lipinski definition) is 3. The SMILES string of the molecule is NC(=O)CN1CCC2(O)CCCCC2C1c1ccc(F)cc1. The normalized spacial score (nSPS) is 32.5. The third kappa shape index (κ3) is 2.88. The van der Waals surface area contributed by atoms with E-state index in [4.69, 9.17) is 5.73 Å². The van der Waals surface area contributed by atoms with Gasteiger partial charge in [0, 0.05) is 18.5 Å². The lowest BCUT2D eigenvalue weighted by Crippen LogP contribution is -2.56. The molecule has 1 aliphatic heterocycles. The Hall–Kier alpha value is -1.46. The maximum Gasteiger partial charge on any atom is 0.231 e. The number of hydrogen-bond donors (Lipinski definition) is 2. The number of rotatable bonds is 3.